The van der Waals surface area contributed by atoms with E-state index in [1.54, 1.807) is 0 Å². The van der Waals surface area contributed by atoms with E-state index in [-0.39, 0.29) is 17.0 Å². The van der Waals surface area contributed by atoms with Crippen LogP contribution in [0.25, 0.3) is 0 Å². The predicted molar refractivity (Wildman–Crippen MR) is 62.0 cm³/mol. The second-order valence-corrected chi connectivity index (χ2v) is 3.57. The number of phenols is 1. The lowest BCUT2D eigenvalue weighted by atomic mass is 10.1. The predicted octanol–water partition coefficient (Wildman–Crippen LogP) is 1.83. The lowest BCUT2D eigenvalue weighted by Crippen LogP contribution is -2.25. The summed E-state index contributed by atoms with van der Waals surface area (Å²) in [4.78, 5) is 21.7. The van der Waals surface area contributed by atoms with Gasteiger partial charge in [-0.3, -0.25) is 14.9 Å². The topological polar surface area (TPSA) is 92.5 Å². The number of nitro benzene ring substituents is 1. The molecule has 1 rings (SSSR count). The molecule has 0 radical (unpaired) electrons. The highest BCUT2D eigenvalue weighted by Gasteiger charge is 2.20. The Hall–Kier alpha value is -2.11. The first-order valence-electron chi connectivity index (χ1n) is 5.32. The smallest absolute Gasteiger partial charge is 0.282 e. The first-order valence-corrected chi connectivity index (χ1v) is 5.32. The Labute approximate surface area is 98.4 Å². The number of nitrogens with zero attached hydrogens (tertiary/aromatic N) is 1. The number of nitro groups is 1. The van der Waals surface area contributed by atoms with Crippen LogP contribution in [-0.4, -0.2) is 22.5 Å². The van der Waals surface area contributed by atoms with Gasteiger partial charge in [0.1, 0.15) is 11.3 Å². The SMILES string of the molecule is CCCCNC(=O)c1cc(O)ccc1[N+](=O)[O-]. The normalized spacial score (nSPS) is 9.94. The van der Waals surface area contributed by atoms with E-state index in [0.29, 0.717) is 6.54 Å². The lowest BCUT2D eigenvalue weighted by molar-refractivity contribution is -0.385. The van der Waals surface area contributed by atoms with Crippen LogP contribution in [0.2, 0.25) is 0 Å². The molecule has 1 amide bonds. The molecule has 0 aromatic heterocycles. The molecular weight excluding hydrogens is 224 g/mol. The summed E-state index contributed by atoms with van der Waals surface area (Å²) in [6, 6.07) is 3.39. The van der Waals surface area contributed by atoms with Crippen molar-refractivity contribution in [1.82, 2.24) is 5.32 Å². The van der Waals surface area contributed by atoms with E-state index in [1.165, 1.54) is 6.07 Å². The summed E-state index contributed by atoms with van der Waals surface area (Å²) in [5.74, 6) is -0.711. The molecule has 1 aromatic carbocycles. The second kappa shape index (κ2) is 5.83. The number of hydrogen-bond donors (Lipinski definition) is 2. The van der Waals surface area contributed by atoms with E-state index in [0.717, 1.165) is 25.0 Å². The fraction of sp³-hybridized carbons (Fsp3) is 0.364. The maximum absolute atomic E-state index is 11.7. The number of carbonyl (C=O) groups excluding carboxylic acids is 1. The second-order valence-electron chi connectivity index (χ2n) is 3.57. The van der Waals surface area contributed by atoms with Crippen LogP contribution in [0.4, 0.5) is 5.69 Å². The Kier molecular flexibility index (Phi) is 4.45. The van der Waals surface area contributed by atoms with Gasteiger partial charge in [-0.15, -0.1) is 0 Å². The summed E-state index contributed by atoms with van der Waals surface area (Å²) < 4.78 is 0. The maximum Gasteiger partial charge on any atom is 0.282 e. The number of amides is 1. The van der Waals surface area contributed by atoms with Crippen LogP contribution in [0.15, 0.2) is 18.2 Å². The van der Waals surface area contributed by atoms with Gasteiger partial charge in [0.15, 0.2) is 0 Å². The highest BCUT2D eigenvalue weighted by Crippen LogP contribution is 2.22. The first-order chi connectivity index (χ1) is 8.06. The summed E-state index contributed by atoms with van der Waals surface area (Å²) in [5, 5.41) is 22.5. The Morgan fingerprint density at radius 1 is 1.53 bits per heavy atom. The van der Waals surface area contributed by atoms with Crippen molar-refractivity contribution in [3.05, 3.63) is 33.9 Å². The Morgan fingerprint density at radius 3 is 2.82 bits per heavy atom. The molecule has 0 saturated carbocycles. The van der Waals surface area contributed by atoms with Crippen molar-refractivity contribution in [1.29, 1.82) is 0 Å². The van der Waals surface area contributed by atoms with E-state index in [1.807, 2.05) is 6.92 Å². The van der Waals surface area contributed by atoms with Gasteiger partial charge >= 0.3 is 0 Å². The van der Waals surface area contributed by atoms with Crippen LogP contribution < -0.4 is 5.32 Å². The van der Waals surface area contributed by atoms with Crippen molar-refractivity contribution in [3.63, 3.8) is 0 Å². The summed E-state index contributed by atoms with van der Waals surface area (Å²) in [6.07, 6.45) is 1.72. The fourth-order valence-electron chi connectivity index (χ4n) is 1.34. The third-order valence-electron chi connectivity index (χ3n) is 2.24. The van der Waals surface area contributed by atoms with Crippen LogP contribution in [0, 0.1) is 10.1 Å². The largest absolute Gasteiger partial charge is 0.508 e. The first kappa shape index (κ1) is 13.0. The molecule has 0 fully saturated rings. The van der Waals surface area contributed by atoms with Crippen LogP contribution in [0.1, 0.15) is 30.1 Å². The summed E-state index contributed by atoms with van der Waals surface area (Å²) >= 11 is 0. The van der Waals surface area contributed by atoms with E-state index in [9.17, 15) is 20.0 Å². The number of phenolic OH excluding ortho intramolecular Hbond substituents is 1. The maximum atomic E-state index is 11.7. The van der Waals surface area contributed by atoms with Crippen molar-refractivity contribution >= 4 is 11.6 Å². The molecule has 6 nitrogen and oxygen atoms in total. The van der Waals surface area contributed by atoms with E-state index < -0.39 is 10.8 Å². The van der Waals surface area contributed by atoms with Crippen LogP contribution in [0.5, 0.6) is 5.75 Å². The van der Waals surface area contributed by atoms with Gasteiger partial charge in [-0.2, -0.15) is 0 Å². The van der Waals surface area contributed by atoms with Gasteiger partial charge in [-0.25, -0.2) is 0 Å². The third-order valence-corrected chi connectivity index (χ3v) is 2.24. The van der Waals surface area contributed by atoms with Gasteiger partial charge in [0, 0.05) is 12.6 Å². The van der Waals surface area contributed by atoms with Crippen molar-refractivity contribution in [2.75, 3.05) is 6.54 Å². The molecule has 0 saturated heterocycles. The van der Waals surface area contributed by atoms with E-state index in [2.05, 4.69) is 5.32 Å². The molecule has 0 aliphatic rings. The molecular formula is C11H14N2O4. The standard InChI is InChI=1S/C11H14N2O4/c1-2-3-6-12-11(15)9-7-8(14)4-5-10(9)13(16)17/h4-5,7,14H,2-3,6H2,1H3,(H,12,15). The zero-order valence-electron chi connectivity index (χ0n) is 9.47. The van der Waals surface area contributed by atoms with Crippen LogP contribution >= 0.6 is 0 Å². The highest BCUT2D eigenvalue weighted by molar-refractivity contribution is 5.98. The van der Waals surface area contributed by atoms with Crippen molar-refractivity contribution in [3.8, 4) is 5.75 Å². The van der Waals surface area contributed by atoms with Crippen LogP contribution in [-0.2, 0) is 0 Å². The molecule has 6 heteroatoms. The van der Waals surface area contributed by atoms with E-state index in [4.69, 9.17) is 0 Å². The molecule has 0 unspecified atom stereocenters. The van der Waals surface area contributed by atoms with Crippen molar-refractivity contribution < 1.29 is 14.8 Å². The molecule has 0 spiro atoms. The fourth-order valence-corrected chi connectivity index (χ4v) is 1.34. The number of hydrogen-bond acceptors (Lipinski definition) is 4. The molecule has 0 heterocycles. The number of aromatic hydroxyl groups is 1. The molecule has 2 N–H and O–H groups in total. The quantitative estimate of drug-likeness (QED) is 0.465. The zero-order valence-corrected chi connectivity index (χ0v) is 9.47. The number of nitrogens with one attached hydrogen (secondary N) is 1. The third kappa shape index (κ3) is 3.44. The molecule has 92 valence electrons. The summed E-state index contributed by atoms with van der Waals surface area (Å²) in [6.45, 7) is 2.44. The van der Waals surface area contributed by atoms with Gasteiger partial charge in [-0.1, -0.05) is 13.3 Å². The average Bonchev–Trinajstić information content (AvgIpc) is 2.28. The molecule has 0 bridgehead atoms. The minimum atomic E-state index is -0.645. The lowest BCUT2D eigenvalue weighted by Gasteiger charge is -2.05. The number of carbonyl (C=O) groups is 1. The Morgan fingerprint density at radius 2 is 2.24 bits per heavy atom. The van der Waals surface area contributed by atoms with Gasteiger partial charge in [0.05, 0.1) is 4.92 Å². The van der Waals surface area contributed by atoms with E-state index >= 15 is 0 Å². The summed E-state index contributed by atoms with van der Waals surface area (Å²) in [7, 11) is 0. The van der Waals surface area contributed by atoms with Gasteiger partial charge in [0.25, 0.3) is 11.6 Å². The minimum absolute atomic E-state index is 0.119. The van der Waals surface area contributed by atoms with Crippen molar-refractivity contribution in [2.45, 2.75) is 19.8 Å². The monoisotopic (exact) mass is 238 g/mol. The zero-order chi connectivity index (χ0) is 12.8. The number of unbranched alkanes of at least 4 members (excludes halogenated alkanes) is 1. The van der Waals surface area contributed by atoms with Gasteiger partial charge in [-0.05, 0) is 18.6 Å². The van der Waals surface area contributed by atoms with Gasteiger partial charge < -0.3 is 10.4 Å². The minimum Gasteiger partial charge on any atom is -0.508 e. The summed E-state index contributed by atoms with van der Waals surface area (Å²) in [5.41, 5.74) is -0.428. The molecule has 1 aromatic rings. The Balaban J connectivity index is 2.90. The van der Waals surface area contributed by atoms with Crippen LogP contribution in [0.3, 0.4) is 0 Å². The molecule has 0 atom stereocenters. The average molecular weight is 238 g/mol. The Bertz CT molecular complexity index is 431. The number of rotatable bonds is 5. The highest BCUT2D eigenvalue weighted by atomic mass is 16.6. The number of benzene rings is 1. The molecule has 0 aliphatic heterocycles. The molecule has 17 heavy (non-hydrogen) atoms. The van der Waals surface area contributed by atoms with Crippen molar-refractivity contribution in [2.24, 2.45) is 0 Å². The van der Waals surface area contributed by atoms with Gasteiger partial charge in [0.2, 0.25) is 0 Å². The molecule has 0 aliphatic carbocycles.